The fraction of sp³-hybridized carbons (Fsp3) is 0.667. The molecule has 0 amide bonds. The van der Waals surface area contributed by atoms with Gasteiger partial charge in [-0.05, 0) is 50.8 Å². The minimum absolute atomic E-state index is 0. The highest BCUT2D eigenvalue weighted by atomic mass is 127. The van der Waals surface area contributed by atoms with E-state index < -0.39 is 9.84 Å². The molecule has 2 fully saturated rings. The number of aliphatic imine (C=N–C) groups is 1. The molecule has 2 N–H and O–H groups in total. The second-order valence-corrected chi connectivity index (χ2v) is 10.3. The maximum absolute atomic E-state index is 11.7. The van der Waals surface area contributed by atoms with Crippen LogP contribution in [0.1, 0.15) is 50.7 Å². The van der Waals surface area contributed by atoms with Gasteiger partial charge in [0, 0.05) is 25.2 Å². The lowest BCUT2D eigenvalue weighted by molar-refractivity contribution is 0.152. The third-order valence-electron chi connectivity index (χ3n) is 5.69. The minimum atomic E-state index is -2.89. The second-order valence-electron chi connectivity index (χ2n) is 8.07. The van der Waals surface area contributed by atoms with Gasteiger partial charge in [0.05, 0.1) is 18.1 Å². The van der Waals surface area contributed by atoms with Crippen LogP contribution < -0.4 is 10.6 Å². The normalized spacial score (nSPS) is 24.7. The van der Waals surface area contributed by atoms with Crippen molar-refractivity contribution in [1.29, 1.82) is 0 Å². The Labute approximate surface area is 192 Å². The van der Waals surface area contributed by atoms with Crippen molar-refractivity contribution < 1.29 is 8.42 Å². The summed E-state index contributed by atoms with van der Waals surface area (Å²) in [5.74, 6) is 1.15. The standard InChI is InChI=1S/C21H34N4O2S.HI/c1-3-22-21(24-20-11-13-28(26,27)16-20)23-14-18-7-9-19(10-8-18)15-25-12-5-4-6-17(25)2;/h7-10,17,20H,3-6,11-16H2,1-2H3,(H2,22,23,24);1H. The molecule has 2 atom stereocenters. The molecule has 2 aliphatic rings. The minimum Gasteiger partial charge on any atom is -0.357 e. The average Bonchev–Trinajstić information content (AvgIpc) is 3.01. The van der Waals surface area contributed by atoms with Gasteiger partial charge in [-0.1, -0.05) is 30.7 Å². The highest BCUT2D eigenvalue weighted by Crippen LogP contribution is 2.19. The SMILES string of the molecule is CCNC(=NCc1ccc(CN2CCCCC2C)cc1)NC1CCS(=O)(=O)C1.I. The van der Waals surface area contributed by atoms with Crippen molar-refractivity contribution >= 4 is 39.8 Å². The van der Waals surface area contributed by atoms with Gasteiger partial charge >= 0.3 is 0 Å². The number of benzene rings is 1. The fourth-order valence-electron chi connectivity index (χ4n) is 3.97. The molecule has 6 nitrogen and oxygen atoms in total. The number of nitrogens with zero attached hydrogens (tertiary/aromatic N) is 2. The molecular formula is C21H35IN4O2S. The number of halogens is 1. The van der Waals surface area contributed by atoms with Crippen LogP contribution in [0, 0.1) is 0 Å². The Morgan fingerprint density at radius 1 is 1.17 bits per heavy atom. The zero-order chi connectivity index (χ0) is 20.0. The molecule has 0 bridgehead atoms. The van der Waals surface area contributed by atoms with Gasteiger partial charge in [-0.2, -0.15) is 0 Å². The van der Waals surface area contributed by atoms with E-state index in [-0.39, 0.29) is 41.5 Å². The summed E-state index contributed by atoms with van der Waals surface area (Å²) in [5, 5.41) is 6.48. The predicted octanol–water partition coefficient (Wildman–Crippen LogP) is 2.92. The van der Waals surface area contributed by atoms with Crippen LogP contribution in [0.25, 0.3) is 0 Å². The number of sulfone groups is 1. The summed E-state index contributed by atoms with van der Waals surface area (Å²) in [4.78, 5) is 7.21. The first-order valence-electron chi connectivity index (χ1n) is 10.5. The van der Waals surface area contributed by atoms with E-state index >= 15 is 0 Å². The molecule has 2 saturated heterocycles. The number of hydrogen-bond acceptors (Lipinski definition) is 4. The van der Waals surface area contributed by atoms with E-state index in [1.165, 1.54) is 31.4 Å². The van der Waals surface area contributed by atoms with Crippen molar-refractivity contribution in [1.82, 2.24) is 15.5 Å². The maximum atomic E-state index is 11.7. The van der Waals surface area contributed by atoms with Crippen LogP contribution in [0.4, 0.5) is 0 Å². The van der Waals surface area contributed by atoms with Crippen molar-refractivity contribution in [3.05, 3.63) is 35.4 Å². The molecule has 1 aromatic carbocycles. The molecule has 1 aromatic rings. The van der Waals surface area contributed by atoms with Crippen molar-refractivity contribution in [2.24, 2.45) is 4.99 Å². The molecule has 2 unspecified atom stereocenters. The summed E-state index contributed by atoms with van der Waals surface area (Å²) in [5.41, 5.74) is 2.51. The van der Waals surface area contributed by atoms with Crippen LogP contribution in [0.2, 0.25) is 0 Å². The molecular weight excluding hydrogens is 499 g/mol. The molecule has 2 heterocycles. The van der Waals surface area contributed by atoms with Crippen LogP contribution in [0.3, 0.4) is 0 Å². The first-order chi connectivity index (χ1) is 13.4. The molecule has 0 aliphatic carbocycles. The summed E-state index contributed by atoms with van der Waals surface area (Å²) in [6.07, 6.45) is 4.61. The van der Waals surface area contributed by atoms with Gasteiger partial charge < -0.3 is 10.6 Å². The Balaban J connectivity index is 0.00000300. The number of guanidine groups is 1. The lowest BCUT2D eigenvalue weighted by Gasteiger charge is -2.33. The molecule has 2 aliphatic heterocycles. The Bertz CT molecular complexity index is 767. The first-order valence-corrected chi connectivity index (χ1v) is 12.3. The lowest BCUT2D eigenvalue weighted by atomic mass is 10.0. The molecule has 0 spiro atoms. The molecule has 3 rings (SSSR count). The van der Waals surface area contributed by atoms with Crippen LogP contribution in [0.5, 0.6) is 0 Å². The van der Waals surface area contributed by atoms with E-state index in [4.69, 9.17) is 0 Å². The fourth-order valence-corrected chi connectivity index (χ4v) is 5.64. The number of piperidine rings is 1. The average molecular weight is 535 g/mol. The van der Waals surface area contributed by atoms with Crippen molar-refractivity contribution in [2.75, 3.05) is 24.6 Å². The molecule has 164 valence electrons. The van der Waals surface area contributed by atoms with Gasteiger partial charge in [-0.3, -0.25) is 4.90 Å². The lowest BCUT2D eigenvalue weighted by Crippen LogP contribution is -2.44. The van der Waals surface area contributed by atoms with Crippen LogP contribution in [-0.2, 0) is 22.9 Å². The van der Waals surface area contributed by atoms with Gasteiger partial charge in [-0.15, -0.1) is 24.0 Å². The largest absolute Gasteiger partial charge is 0.357 e. The number of likely N-dealkylation sites (tertiary alicyclic amines) is 1. The van der Waals surface area contributed by atoms with Gasteiger partial charge in [0.25, 0.3) is 0 Å². The van der Waals surface area contributed by atoms with Crippen molar-refractivity contribution in [3.8, 4) is 0 Å². The second kappa shape index (κ2) is 11.5. The van der Waals surface area contributed by atoms with E-state index in [1.807, 2.05) is 6.92 Å². The molecule has 0 radical (unpaired) electrons. The van der Waals surface area contributed by atoms with Crippen molar-refractivity contribution in [2.45, 2.75) is 64.7 Å². The van der Waals surface area contributed by atoms with Gasteiger partial charge in [-0.25, -0.2) is 13.4 Å². The Hall–Kier alpha value is -0.870. The summed E-state index contributed by atoms with van der Waals surface area (Å²) >= 11 is 0. The Kier molecular flexibility index (Phi) is 9.68. The van der Waals surface area contributed by atoms with Gasteiger partial charge in [0.1, 0.15) is 0 Å². The zero-order valence-corrected chi connectivity index (χ0v) is 20.7. The summed E-state index contributed by atoms with van der Waals surface area (Å²) in [6.45, 7) is 7.88. The molecule has 0 saturated carbocycles. The highest BCUT2D eigenvalue weighted by molar-refractivity contribution is 14.0. The predicted molar refractivity (Wildman–Crippen MR) is 131 cm³/mol. The Morgan fingerprint density at radius 2 is 1.90 bits per heavy atom. The quantitative estimate of drug-likeness (QED) is 0.334. The van der Waals surface area contributed by atoms with Crippen molar-refractivity contribution in [3.63, 3.8) is 0 Å². The first kappa shape index (κ1) is 24.4. The number of nitrogens with one attached hydrogen (secondary N) is 2. The van der Waals surface area contributed by atoms with E-state index in [0.29, 0.717) is 25.0 Å². The number of rotatable bonds is 6. The zero-order valence-electron chi connectivity index (χ0n) is 17.6. The Morgan fingerprint density at radius 3 is 2.52 bits per heavy atom. The van der Waals surface area contributed by atoms with E-state index in [0.717, 1.165) is 18.7 Å². The molecule has 8 heteroatoms. The summed E-state index contributed by atoms with van der Waals surface area (Å²) < 4.78 is 23.3. The van der Waals surface area contributed by atoms with Crippen LogP contribution >= 0.6 is 24.0 Å². The van der Waals surface area contributed by atoms with E-state index in [9.17, 15) is 8.42 Å². The smallest absolute Gasteiger partial charge is 0.191 e. The maximum Gasteiger partial charge on any atom is 0.191 e. The third kappa shape index (κ3) is 7.71. The monoisotopic (exact) mass is 534 g/mol. The molecule has 0 aromatic heterocycles. The van der Waals surface area contributed by atoms with Gasteiger partial charge in [0.2, 0.25) is 0 Å². The van der Waals surface area contributed by atoms with Gasteiger partial charge in [0.15, 0.2) is 15.8 Å². The summed E-state index contributed by atoms with van der Waals surface area (Å²) in [7, 11) is -2.89. The van der Waals surface area contributed by atoms with E-state index in [2.05, 4.69) is 51.7 Å². The third-order valence-corrected chi connectivity index (χ3v) is 7.45. The summed E-state index contributed by atoms with van der Waals surface area (Å²) in [6, 6.07) is 9.34. The van der Waals surface area contributed by atoms with Crippen LogP contribution in [0.15, 0.2) is 29.3 Å². The number of hydrogen-bond donors (Lipinski definition) is 2. The molecule has 29 heavy (non-hydrogen) atoms. The van der Waals surface area contributed by atoms with Crippen LogP contribution in [-0.4, -0.2) is 56.0 Å². The topological polar surface area (TPSA) is 73.8 Å². The highest BCUT2D eigenvalue weighted by Gasteiger charge is 2.28. The van der Waals surface area contributed by atoms with E-state index in [1.54, 1.807) is 0 Å².